The van der Waals surface area contributed by atoms with Crippen molar-refractivity contribution in [3.05, 3.63) is 0 Å². The Morgan fingerprint density at radius 1 is 1.00 bits per heavy atom. The minimum absolute atomic E-state index is 0.131. The molecule has 4 amide bonds. The van der Waals surface area contributed by atoms with E-state index in [2.05, 4.69) is 28.6 Å². The Labute approximate surface area is 183 Å². The molecule has 0 saturated carbocycles. The molecule has 0 rings (SSSR count). The van der Waals surface area contributed by atoms with Crippen LogP contribution in [0.25, 0.3) is 0 Å². The van der Waals surface area contributed by atoms with E-state index in [1.54, 1.807) is 6.26 Å². The zero-order valence-electron chi connectivity index (χ0n) is 16.7. The predicted octanol–water partition coefficient (Wildman–Crippen LogP) is -3.21. The molecule has 0 heterocycles. The van der Waals surface area contributed by atoms with Gasteiger partial charge in [0.2, 0.25) is 23.6 Å². The van der Waals surface area contributed by atoms with Crippen molar-refractivity contribution in [1.29, 1.82) is 0 Å². The number of rotatable bonds is 14. The fourth-order valence-electron chi connectivity index (χ4n) is 2.13. The lowest BCUT2D eigenvalue weighted by Gasteiger charge is -2.24. The summed E-state index contributed by atoms with van der Waals surface area (Å²) in [5.41, 5.74) is 10.6. The molecule has 0 aliphatic heterocycles. The standard InChI is InChI=1S/C16H29N5O7S2/c1-7(22)12(18)15(26)21-10(6-29)14(25)20-9(5-11(17)23)13(24)19-8(16(27)28)3-4-30-2/h7-10,12,22,29H,3-6,18H2,1-2H3,(H2,17,23)(H,19,24)(H,20,25)(H,21,26)(H,27,28). The summed E-state index contributed by atoms with van der Waals surface area (Å²) >= 11 is 5.35. The SMILES string of the molecule is CSCCC(NC(=O)C(CC(N)=O)NC(=O)C(CS)NC(=O)C(N)C(C)O)C(=O)O. The average Bonchev–Trinajstić information content (AvgIpc) is 2.66. The molecule has 9 N–H and O–H groups in total. The first kappa shape index (κ1) is 28.0. The second kappa shape index (κ2) is 14.1. The maximum atomic E-state index is 12.5. The highest BCUT2D eigenvalue weighted by molar-refractivity contribution is 7.98. The van der Waals surface area contributed by atoms with Gasteiger partial charge in [0.05, 0.1) is 12.5 Å². The van der Waals surface area contributed by atoms with Crippen LogP contribution in [0.15, 0.2) is 0 Å². The molecule has 0 radical (unpaired) electrons. The van der Waals surface area contributed by atoms with Crippen LogP contribution in [0.5, 0.6) is 0 Å². The number of aliphatic hydroxyl groups is 1. The van der Waals surface area contributed by atoms with E-state index < -0.39 is 66.3 Å². The fraction of sp³-hybridized carbons (Fsp3) is 0.688. The quantitative estimate of drug-likeness (QED) is 0.120. The molecule has 0 spiro atoms. The molecule has 0 fully saturated rings. The zero-order chi connectivity index (χ0) is 23.4. The summed E-state index contributed by atoms with van der Waals surface area (Å²) in [5, 5.41) is 25.4. The molecule has 0 aromatic carbocycles. The van der Waals surface area contributed by atoms with Crippen molar-refractivity contribution in [2.75, 3.05) is 17.8 Å². The van der Waals surface area contributed by atoms with E-state index in [-0.39, 0.29) is 12.2 Å². The van der Waals surface area contributed by atoms with Crippen molar-refractivity contribution in [2.24, 2.45) is 11.5 Å². The van der Waals surface area contributed by atoms with Crippen LogP contribution in [0.4, 0.5) is 0 Å². The third kappa shape index (κ3) is 10.1. The smallest absolute Gasteiger partial charge is 0.326 e. The number of carboxylic acids is 1. The Morgan fingerprint density at radius 3 is 1.93 bits per heavy atom. The van der Waals surface area contributed by atoms with Gasteiger partial charge in [-0.05, 0) is 25.4 Å². The molecule has 0 aromatic heterocycles. The van der Waals surface area contributed by atoms with Gasteiger partial charge < -0.3 is 37.6 Å². The molecule has 0 saturated heterocycles. The van der Waals surface area contributed by atoms with E-state index in [0.717, 1.165) is 0 Å². The Balaban J connectivity index is 5.26. The summed E-state index contributed by atoms with van der Waals surface area (Å²) in [5.74, 6) is -4.50. The van der Waals surface area contributed by atoms with Crippen molar-refractivity contribution in [2.45, 2.75) is 50.0 Å². The first-order valence-electron chi connectivity index (χ1n) is 8.90. The van der Waals surface area contributed by atoms with Crippen molar-refractivity contribution < 1.29 is 34.2 Å². The van der Waals surface area contributed by atoms with Crippen LogP contribution in [-0.4, -0.2) is 87.8 Å². The van der Waals surface area contributed by atoms with Gasteiger partial charge in [0.15, 0.2) is 0 Å². The van der Waals surface area contributed by atoms with Gasteiger partial charge in [-0.15, -0.1) is 0 Å². The van der Waals surface area contributed by atoms with E-state index >= 15 is 0 Å². The number of amides is 4. The van der Waals surface area contributed by atoms with Crippen LogP contribution < -0.4 is 27.4 Å². The Morgan fingerprint density at radius 2 is 1.50 bits per heavy atom. The minimum Gasteiger partial charge on any atom is -0.480 e. The summed E-state index contributed by atoms with van der Waals surface area (Å²) in [7, 11) is 0. The van der Waals surface area contributed by atoms with Crippen molar-refractivity contribution >= 4 is 54.0 Å². The highest BCUT2D eigenvalue weighted by Gasteiger charge is 2.31. The van der Waals surface area contributed by atoms with Crippen molar-refractivity contribution in [1.82, 2.24) is 16.0 Å². The lowest BCUT2D eigenvalue weighted by atomic mass is 10.1. The maximum Gasteiger partial charge on any atom is 0.326 e. The summed E-state index contributed by atoms with van der Waals surface area (Å²) < 4.78 is 0. The van der Waals surface area contributed by atoms with Crippen LogP contribution in [0.1, 0.15) is 19.8 Å². The van der Waals surface area contributed by atoms with Gasteiger partial charge in [-0.2, -0.15) is 24.4 Å². The zero-order valence-corrected chi connectivity index (χ0v) is 18.4. The van der Waals surface area contributed by atoms with Crippen LogP contribution in [-0.2, 0) is 24.0 Å². The number of aliphatic hydroxyl groups excluding tert-OH is 1. The molecule has 0 aliphatic rings. The number of carboxylic acid groups (broad SMARTS) is 1. The van der Waals surface area contributed by atoms with E-state index in [0.29, 0.717) is 5.75 Å². The Bertz CT molecular complexity index is 635. The number of hydrogen-bond donors (Lipinski definition) is 8. The molecule has 14 heteroatoms. The van der Waals surface area contributed by atoms with Gasteiger partial charge in [0.25, 0.3) is 0 Å². The molecule has 12 nitrogen and oxygen atoms in total. The van der Waals surface area contributed by atoms with Gasteiger partial charge in [-0.25, -0.2) is 4.79 Å². The number of hydrogen-bond acceptors (Lipinski definition) is 9. The molecule has 0 aromatic rings. The minimum atomic E-state index is -1.46. The Hall–Kier alpha value is -2.03. The second-order valence-electron chi connectivity index (χ2n) is 6.42. The monoisotopic (exact) mass is 467 g/mol. The third-order valence-electron chi connectivity index (χ3n) is 3.90. The van der Waals surface area contributed by atoms with Gasteiger partial charge in [0.1, 0.15) is 24.2 Å². The number of nitrogens with one attached hydrogen (secondary N) is 3. The number of carbonyl (C=O) groups is 5. The summed E-state index contributed by atoms with van der Waals surface area (Å²) in [6.45, 7) is 1.29. The number of nitrogens with two attached hydrogens (primary N) is 2. The van der Waals surface area contributed by atoms with Crippen LogP contribution >= 0.6 is 24.4 Å². The van der Waals surface area contributed by atoms with E-state index in [1.807, 2.05) is 0 Å². The maximum absolute atomic E-state index is 12.5. The Kier molecular flexibility index (Phi) is 13.1. The summed E-state index contributed by atoms with van der Waals surface area (Å²) in [6, 6.07) is -5.21. The van der Waals surface area contributed by atoms with Crippen molar-refractivity contribution in [3.8, 4) is 0 Å². The average molecular weight is 468 g/mol. The topological polar surface area (TPSA) is 214 Å². The fourth-order valence-corrected chi connectivity index (χ4v) is 2.86. The first-order chi connectivity index (χ1) is 13.9. The van der Waals surface area contributed by atoms with Gasteiger partial charge in [-0.1, -0.05) is 0 Å². The summed E-state index contributed by atoms with van der Waals surface area (Å²) in [4.78, 5) is 59.5. The van der Waals surface area contributed by atoms with Crippen LogP contribution in [0.3, 0.4) is 0 Å². The number of primary amides is 1. The molecule has 172 valence electrons. The summed E-state index contributed by atoms with van der Waals surface area (Å²) in [6.07, 6.45) is 0.140. The van der Waals surface area contributed by atoms with E-state index in [9.17, 15) is 34.2 Å². The number of thiol groups is 1. The van der Waals surface area contributed by atoms with E-state index in [1.165, 1.54) is 18.7 Å². The third-order valence-corrected chi connectivity index (χ3v) is 4.91. The lowest BCUT2D eigenvalue weighted by molar-refractivity contribution is -0.142. The predicted molar refractivity (Wildman–Crippen MR) is 114 cm³/mol. The molecular weight excluding hydrogens is 438 g/mol. The van der Waals surface area contributed by atoms with Gasteiger partial charge >= 0.3 is 5.97 Å². The largest absolute Gasteiger partial charge is 0.480 e. The van der Waals surface area contributed by atoms with Crippen LogP contribution in [0.2, 0.25) is 0 Å². The second-order valence-corrected chi connectivity index (χ2v) is 7.77. The molecule has 0 bridgehead atoms. The first-order valence-corrected chi connectivity index (χ1v) is 10.9. The van der Waals surface area contributed by atoms with E-state index in [4.69, 9.17) is 11.5 Å². The van der Waals surface area contributed by atoms with Gasteiger partial charge in [-0.3, -0.25) is 19.2 Å². The van der Waals surface area contributed by atoms with Crippen LogP contribution in [0, 0.1) is 0 Å². The number of carbonyl (C=O) groups excluding carboxylic acids is 4. The highest BCUT2D eigenvalue weighted by Crippen LogP contribution is 2.03. The molecule has 5 atom stereocenters. The molecular formula is C16H29N5O7S2. The normalized spacial score (nSPS) is 15.8. The highest BCUT2D eigenvalue weighted by atomic mass is 32.2. The lowest BCUT2D eigenvalue weighted by Crippen LogP contribution is -2.59. The molecule has 30 heavy (non-hydrogen) atoms. The molecule has 5 unspecified atom stereocenters. The number of thioether (sulfide) groups is 1. The molecule has 0 aliphatic carbocycles. The van der Waals surface area contributed by atoms with Crippen molar-refractivity contribution in [3.63, 3.8) is 0 Å². The van der Waals surface area contributed by atoms with Gasteiger partial charge in [0, 0.05) is 5.75 Å². The number of aliphatic carboxylic acids is 1.